The van der Waals surface area contributed by atoms with Gasteiger partial charge in [-0.05, 0) is 100 Å². The number of nitrogens with one attached hydrogen (secondary N) is 1. The molecule has 0 aliphatic carbocycles. The lowest BCUT2D eigenvalue weighted by Gasteiger charge is -2.32. The molecule has 0 unspecified atom stereocenters. The summed E-state index contributed by atoms with van der Waals surface area (Å²) < 4.78 is 60.6. The standard InChI is InChI=1S/C27H36F2IN4O5P/c1-26(2,3)38-40(36,39-27(4,5)6)37-15-22(17-11-18(28)14-19(30)12-17)34-25(35)20-10-9-16(13-21(20)29)23(32-7)24(31)33-8/h9-14,22H,15H2,1-8H3,(H2,31,33)(H,34,35)/b32-23-/t22-/m1/s1. The van der Waals surface area contributed by atoms with E-state index >= 15 is 4.39 Å². The van der Waals surface area contributed by atoms with Crippen LogP contribution < -0.4 is 11.1 Å². The summed E-state index contributed by atoms with van der Waals surface area (Å²) in [6, 6.07) is 6.95. The van der Waals surface area contributed by atoms with Gasteiger partial charge in [-0.3, -0.25) is 28.4 Å². The van der Waals surface area contributed by atoms with E-state index in [1.54, 1.807) is 47.6 Å². The maximum absolute atomic E-state index is 15.1. The predicted molar refractivity (Wildman–Crippen MR) is 161 cm³/mol. The molecule has 220 valence electrons. The van der Waals surface area contributed by atoms with E-state index < -0.39 is 49.2 Å². The van der Waals surface area contributed by atoms with Crippen molar-refractivity contribution in [3.63, 3.8) is 0 Å². The minimum Gasteiger partial charge on any atom is -0.382 e. The van der Waals surface area contributed by atoms with Crippen LogP contribution in [0.1, 0.15) is 69.1 Å². The maximum Gasteiger partial charge on any atom is 0.475 e. The minimum absolute atomic E-state index is 0.108. The first-order valence-corrected chi connectivity index (χ1v) is 14.8. The van der Waals surface area contributed by atoms with Crippen LogP contribution in [-0.4, -0.2) is 49.4 Å². The van der Waals surface area contributed by atoms with Gasteiger partial charge >= 0.3 is 7.82 Å². The van der Waals surface area contributed by atoms with Crippen molar-refractivity contribution in [3.05, 3.63) is 68.3 Å². The van der Waals surface area contributed by atoms with Crippen molar-refractivity contribution in [1.29, 1.82) is 0 Å². The van der Waals surface area contributed by atoms with Crippen LogP contribution in [0.3, 0.4) is 0 Å². The number of rotatable bonds is 10. The van der Waals surface area contributed by atoms with Crippen molar-refractivity contribution < 1.29 is 31.7 Å². The van der Waals surface area contributed by atoms with E-state index in [9.17, 15) is 13.8 Å². The number of benzene rings is 2. The van der Waals surface area contributed by atoms with Crippen LogP contribution in [0.5, 0.6) is 0 Å². The highest BCUT2D eigenvalue weighted by Gasteiger charge is 2.38. The van der Waals surface area contributed by atoms with Gasteiger partial charge in [0.1, 0.15) is 23.2 Å². The molecule has 0 saturated carbocycles. The van der Waals surface area contributed by atoms with Gasteiger partial charge in [0.25, 0.3) is 5.91 Å². The highest BCUT2D eigenvalue weighted by atomic mass is 127. The van der Waals surface area contributed by atoms with Crippen molar-refractivity contribution >= 4 is 47.9 Å². The lowest BCUT2D eigenvalue weighted by atomic mass is 10.0. The molecule has 2 aromatic carbocycles. The zero-order chi connectivity index (χ0) is 30.5. The van der Waals surface area contributed by atoms with Gasteiger partial charge in [-0.2, -0.15) is 0 Å². The number of aliphatic imine (C=N–C) groups is 2. The number of nitrogens with two attached hydrogens (primary N) is 1. The van der Waals surface area contributed by atoms with Crippen LogP contribution in [0, 0.1) is 15.2 Å². The molecule has 0 radical (unpaired) electrons. The van der Waals surface area contributed by atoms with Crippen LogP contribution in [0.2, 0.25) is 0 Å². The largest absolute Gasteiger partial charge is 0.475 e. The first kappa shape index (κ1) is 34.0. The third kappa shape index (κ3) is 10.3. The fourth-order valence-electron chi connectivity index (χ4n) is 3.49. The van der Waals surface area contributed by atoms with E-state index in [0.29, 0.717) is 14.7 Å². The first-order chi connectivity index (χ1) is 18.4. The third-order valence-corrected chi connectivity index (χ3v) is 7.59. The molecular weight excluding hydrogens is 656 g/mol. The van der Waals surface area contributed by atoms with Crippen molar-refractivity contribution in [1.82, 2.24) is 5.32 Å². The van der Waals surface area contributed by atoms with Crippen molar-refractivity contribution in [3.8, 4) is 0 Å². The Morgan fingerprint density at radius 1 is 1.02 bits per heavy atom. The zero-order valence-electron chi connectivity index (χ0n) is 23.8. The van der Waals surface area contributed by atoms with Crippen molar-refractivity contribution in [2.45, 2.75) is 58.8 Å². The number of amidine groups is 1. The monoisotopic (exact) mass is 692 g/mol. The molecule has 0 saturated heterocycles. The Kier molecular flexibility index (Phi) is 11.6. The summed E-state index contributed by atoms with van der Waals surface area (Å²) in [7, 11) is -1.21. The first-order valence-electron chi connectivity index (χ1n) is 12.3. The SMILES string of the molecule is C/N=C(\C(N)=N/C)c1ccc(C(=O)N[C@H](COP(=O)(OC(C)(C)C)OC(C)(C)C)c2cc(F)cc(I)c2)c(F)c1. The molecular formula is C27H36F2IN4O5P. The van der Waals surface area contributed by atoms with Gasteiger partial charge in [0.15, 0.2) is 0 Å². The molecule has 2 aromatic rings. The van der Waals surface area contributed by atoms with Gasteiger partial charge < -0.3 is 11.1 Å². The Balaban J connectivity index is 2.44. The molecule has 0 spiro atoms. The van der Waals surface area contributed by atoms with Crippen LogP contribution >= 0.6 is 30.4 Å². The lowest BCUT2D eigenvalue weighted by Crippen LogP contribution is -2.33. The van der Waals surface area contributed by atoms with E-state index in [-0.39, 0.29) is 17.1 Å². The van der Waals surface area contributed by atoms with Crippen molar-refractivity contribution in [2.24, 2.45) is 15.7 Å². The third-order valence-electron chi connectivity index (χ3n) is 4.96. The topological polar surface area (TPSA) is 125 Å². The fourth-order valence-corrected chi connectivity index (χ4v) is 5.96. The molecule has 0 aliphatic rings. The highest BCUT2D eigenvalue weighted by Crippen LogP contribution is 2.55. The Morgan fingerprint density at radius 2 is 1.62 bits per heavy atom. The van der Waals surface area contributed by atoms with Crippen molar-refractivity contribution in [2.75, 3.05) is 20.7 Å². The van der Waals surface area contributed by atoms with Crippen LogP contribution in [0.4, 0.5) is 8.78 Å². The van der Waals surface area contributed by atoms with Gasteiger partial charge in [-0.1, -0.05) is 6.07 Å². The van der Waals surface area contributed by atoms with E-state index in [1.165, 1.54) is 38.4 Å². The summed E-state index contributed by atoms with van der Waals surface area (Å²) in [5.74, 6) is -2.10. The Labute approximate surface area is 247 Å². The number of amides is 1. The summed E-state index contributed by atoms with van der Waals surface area (Å²) in [5, 5.41) is 2.65. The second kappa shape index (κ2) is 13.6. The van der Waals surface area contributed by atoms with Gasteiger partial charge in [-0.25, -0.2) is 13.3 Å². The zero-order valence-corrected chi connectivity index (χ0v) is 26.9. The summed E-state index contributed by atoms with van der Waals surface area (Å²) in [6.45, 7) is 9.68. The Morgan fingerprint density at radius 3 is 2.10 bits per heavy atom. The van der Waals surface area contributed by atoms with E-state index in [2.05, 4.69) is 15.3 Å². The van der Waals surface area contributed by atoms with Crippen LogP contribution in [-0.2, 0) is 18.1 Å². The molecule has 1 atom stereocenters. The maximum atomic E-state index is 15.1. The molecule has 0 fully saturated rings. The smallest absolute Gasteiger partial charge is 0.382 e. The average molecular weight is 692 g/mol. The van der Waals surface area contributed by atoms with Crippen LogP contribution in [0.15, 0.2) is 46.4 Å². The molecule has 9 nitrogen and oxygen atoms in total. The molecule has 0 bridgehead atoms. The van der Waals surface area contributed by atoms with Gasteiger partial charge in [0, 0.05) is 23.2 Å². The summed E-state index contributed by atoms with van der Waals surface area (Å²) in [6.07, 6.45) is 0. The second-order valence-electron chi connectivity index (χ2n) is 10.8. The number of phosphoric acid groups is 1. The van der Waals surface area contributed by atoms with Crippen LogP contribution in [0.25, 0.3) is 0 Å². The molecule has 1 amide bonds. The number of phosphoric ester groups is 1. The molecule has 40 heavy (non-hydrogen) atoms. The Hall–Kier alpha value is -2.25. The quantitative estimate of drug-likeness (QED) is 0.132. The molecule has 0 aromatic heterocycles. The van der Waals surface area contributed by atoms with Gasteiger partial charge in [0.05, 0.1) is 29.4 Å². The number of hydrogen-bond donors (Lipinski definition) is 2. The summed E-state index contributed by atoms with van der Waals surface area (Å²) in [5.41, 5.74) is 4.66. The lowest BCUT2D eigenvalue weighted by molar-refractivity contribution is 0.000616. The molecule has 3 N–H and O–H groups in total. The van der Waals surface area contributed by atoms with Gasteiger partial charge in [-0.15, -0.1) is 0 Å². The Bertz CT molecular complexity index is 1300. The summed E-state index contributed by atoms with van der Waals surface area (Å²) >= 11 is 1.93. The number of hydrogen-bond acceptors (Lipinski definition) is 7. The number of halogens is 3. The highest BCUT2D eigenvalue weighted by molar-refractivity contribution is 14.1. The minimum atomic E-state index is -4.18. The number of nitrogens with zero attached hydrogens (tertiary/aromatic N) is 2. The fraction of sp³-hybridized carbons (Fsp3) is 0.444. The van der Waals surface area contributed by atoms with E-state index in [0.717, 1.165) is 6.07 Å². The average Bonchev–Trinajstić information content (AvgIpc) is 2.78. The molecule has 2 rings (SSSR count). The summed E-state index contributed by atoms with van der Waals surface area (Å²) in [4.78, 5) is 21.1. The molecule has 0 aliphatic heterocycles. The predicted octanol–water partition coefficient (Wildman–Crippen LogP) is 6.20. The van der Waals surface area contributed by atoms with E-state index in [1.807, 2.05) is 22.6 Å². The second-order valence-corrected chi connectivity index (χ2v) is 13.5. The number of carbonyl (C=O) groups is 1. The molecule has 13 heteroatoms. The molecule has 0 heterocycles. The van der Waals surface area contributed by atoms with Gasteiger partial charge in [0.2, 0.25) is 0 Å². The number of carbonyl (C=O) groups excluding carboxylic acids is 1. The van der Waals surface area contributed by atoms with E-state index in [4.69, 9.17) is 19.3 Å². The normalized spacial score (nSPS) is 14.3.